The van der Waals surface area contributed by atoms with Crippen LogP contribution in [-0.4, -0.2) is 48.3 Å². The Morgan fingerprint density at radius 2 is 1.27 bits per heavy atom. The third-order valence-corrected chi connectivity index (χ3v) is 6.54. The SMILES string of the molecule is O=C(CCN1CCN(Cc2ccccc2)CC1)c1ccc(Sc2ccccc2)cc1. The molecule has 0 atom stereocenters. The number of carbonyl (C=O) groups excluding carboxylic acids is 1. The lowest BCUT2D eigenvalue weighted by Crippen LogP contribution is -2.46. The van der Waals surface area contributed by atoms with E-state index in [0.717, 1.165) is 49.7 Å². The van der Waals surface area contributed by atoms with Crippen LogP contribution in [0.15, 0.2) is 94.7 Å². The first-order valence-electron chi connectivity index (χ1n) is 10.6. The summed E-state index contributed by atoms with van der Waals surface area (Å²) in [5.41, 5.74) is 2.19. The van der Waals surface area contributed by atoms with Crippen molar-refractivity contribution in [1.82, 2.24) is 9.80 Å². The molecule has 1 aliphatic heterocycles. The molecule has 1 fully saturated rings. The third kappa shape index (κ3) is 6.05. The van der Waals surface area contributed by atoms with Crippen LogP contribution in [0.1, 0.15) is 22.3 Å². The van der Waals surface area contributed by atoms with Crippen molar-refractivity contribution < 1.29 is 4.79 Å². The number of nitrogens with zero attached hydrogens (tertiary/aromatic N) is 2. The number of carbonyl (C=O) groups is 1. The number of piperazine rings is 1. The predicted molar refractivity (Wildman–Crippen MR) is 124 cm³/mol. The first-order valence-corrected chi connectivity index (χ1v) is 11.4. The summed E-state index contributed by atoms with van der Waals surface area (Å²) in [5.74, 6) is 0.234. The number of ketones is 1. The average Bonchev–Trinajstić information content (AvgIpc) is 2.80. The fourth-order valence-electron chi connectivity index (χ4n) is 3.75. The van der Waals surface area contributed by atoms with Crippen molar-refractivity contribution in [3.8, 4) is 0 Å². The molecule has 0 radical (unpaired) electrons. The molecule has 3 nitrogen and oxygen atoms in total. The van der Waals surface area contributed by atoms with Crippen LogP contribution < -0.4 is 0 Å². The Labute approximate surface area is 183 Å². The molecule has 0 aliphatic carbocycles. The summed E-state index contributed by atoms with van der Waals surface area (Å²) in [5, 5.41) is 0. The lowest BCUT2D eigenvalue weighted by molar-refractivity contribution is 0.0922. The smallest absolute Gasteiger partial charge is 0.164 e. The van der Waals surface area contributed by atoms with Gasteiger partial charge in [0.2, 0.25) is 0 Å². The van der Waals surface area contributed by atoms with Crippen LogP contribution in [0.4, 0.5) is 0 Å². The van der Waals surface area contributed by atoms with Gasteiger partial charge in [0.05, 0.1) is 0 Å². The second-order valence-electron chi connectivity index (χ2n) is 7.72. The summed E-state index contributed by atoms with van der Waals surface area (Å²) >= 11 is 1.72. The van der Waals surface area contributed by atoms with E-state index in [1.165, 1.54) is 10.5 Å². The zero-order chi connectivity index (χ0) is 20.6. The molecule has 0 amide bonds. The van der Waals surface area contributed by atoms with Crippen molar-refractivity contribution in [3.63, 3.8) is 0 Å². The lowest BCUT2D eigenvalue weighted by atomic mass is 10.1. The van der Waals surface area contributed by atoms with E-state index in [-0.39, 0.29) is 5.78 Å². The van der Waals surface area contributed by atoms with Gasteiger partial charge in [-0.25, -0.2) is 0 Å². The van der Waals surface area contributed by atoms with Gasteiger partial charge < -0.3 is 4.90 Å². The van der Waals surface area contributed by atoms with Gasteiger partial charge in [-0.1, -0.05) is 72.4 Å². The molecule has 1 aliphatic rings. The van der Waals surface area contributed by atoms with E-state index in [9.17, 15) is 4.79 Å². The maximum Gasteiger partial charge on any atom is 0.164 e. The summed E-state index contributed by atoms with van der Waals surface area (Å²) in [6, 6.07) is 29.0. The van der Waals surface area contributed by atoms with Gasteiger partial charge in [-0.15, -0.1) is 0 Å². The van der Waals surface area contributed by atoms with Crippen LogP contribution in [0.3, 0.4) is 0 Å². The molecule has 30 heavy (non-hydrogen) atoms. The predicted octanol–water partition coefficient (Wildman–Crippen LogP) is 5.23. The molecule has 1 saturated heterocycles. The van der Waals surface area contributed by atoms with E-state index in [1.807, 2.05) is 42.5 Å². The molecule has 154 valence electrons. The molecule has 0 N–H and O–H groups in total. The minimum absolute atomic E-state index is 0.234. The van der Waals surface area contributed by atoms with Crippen molar-refractivity contribution in [2.75, 3.05) is 32.7 Å². The number of hydrogen-bond acceptors (Lipinski definition) is 4. The molecule has 0 spiro atoms. The van der Waals surface area contributed by atoms with Gasteiger partial charge in [0.25, 0.3) is 0 Å². The monoisotopic (exact) mass is 416 g/mol. The molecule has 3 aromatic rings. The van der Waals surface area contributed by atoms with Gasteiger partial charge in [-0.3, -0.25) is 9.69 Å². The number of rotatable bonds is 8. The molecule has 3 aromatic carbocycles. The van der Waals surface area contributed by atoms with Crippen LogP contribution in [-0.2, 0) is 6.54 Å². The standard InChI is InChI=1S/C26H28N2OS/c29-26(23-11-13-25(14-12-23)30-24-9-5-2-6-10-24)15-16-27-17-19-28(20-18-27)21-22-7-3-1-4-8-22/h1-14H,15-21H2. The summed E-state index contributed by atoms with van der Waals surface area (Å²) < 4.78 is 0. The van der Waals surface area contributed by atoms with Gasteiger partial charge in [-0.2, -0.15) is 0 Å². The van der Waals surface area contributed by atoms with Crippen LogP contribution in [0.5, 0.6) is 0 Å². The van der Waals surface area contributed by atoms with Crippen LogP contribution >= 0.6 is 11.8 Å². The Kier molecular flexibility index (Phi) is 7.35. The van der Waals surface area contributed by atoms with E-state index >= 15 is 0 Å². The Hall–Kier alpha value is -2.40. The van der Waals surface area contributed by atoms with Crippen molar-refractivity contribution in [3.05, 3.63) is 96.1 Å². The topological polar surface area (TPSA) is 23.6 Å². The van der Waals surface area contributed by atoms with E-state index in [4.69, 9.17) is 0 Å². The molecule has 4 rings (SSSR count). The number of Topliss-reactive ketones (excluding diaryl/α,β-unsaturated/α-hetero) is 1. The van der Waals surface area contributed by atoms with Crippen LogP contribution in [0.25, 0.3) is 0 Å². The largest absolute Gasteiger partial charge is 0.300 e. The van der Waals surface area contributed by atoms with Crippen molar-refractivity contribution in [2.24, 2.45) is 0 Å². The molecule has 4 heteroatoms. The van der Waals surface area contributed by atoms with Crippen molar-refractivity contribution in [2.45, 2.75) is 22.8 Å². The minimum atomic E-state index is 0.234. The minimum Gasteiger partial charge on any atom is -0.300 e. The Morgan fingerprint density at radius 3 is 1.93 bits per heavy atom. The summed E-state index contributed by atoms with van der Waals surface area (Å²) in [6.45, 7) is 6.06. The highest BCUT2D eigenvalue weighted by Crippen LogP contribution is 2.27. The zero-order valence-corrected chi connectivity index (χ0v) is 18.1. The maximum atomic E-state index is 12.6. The third-order valence-electron chi connectivity index (χ3n) is 5.52. The molecule has 0 saturated carbocycles. The van der Waals surface area contributed by atoms with Crippen LogP contribution in [0, 0.1) is 0 Å². The molecule has 0 aromatic heterocycles. The number of hydrogen-bond donors (Lipinski definition) is 0. The second kappa shape index (κ2) is 10.6. The first-order chi connectivity index (χ1) is 14.8. The Bertz CT molecular complexity index is 920. The van der Waals surface area contributed by atoms with E-state index in [1.54, 1.807) is 11.8 Å². The fraction of sp³-hybridized carbons (Fsp3) is 0.269. The van der Waals surface area contributed by atoms with Gasteiger partial charge in [-0.05, 0) is 29.8 Å². The summed E-state index contributed by atoms with van der Waals surface area (Å²) in [6.07, 6.45) is 0.587. The van der Waals surface area contributed by atoms with Crippen molar-refractivity contribution >= 4 is 17.5 Å². The Balaban J connectivity index is 1.20. The molecule has 0 bridgehead atoms. The van der Waals surface area contributed by atoms with Gasteiger partial charge >= 0.3 is 0 Å². The number of benzene rings is 3. The Morgan fingerprint density at radius 1 is 0.700 bits per heavy atom. The lowest BCUT2D eigenvalue weighted by Gasteiger charge is -2.34. The van der Waals surface area contributed by atoms with Crippen LogP contribution in [0.2, 0.25) is 0 Å². The van der Waals surface area contributed by atoms with E-state index in [2.05, 4.69) is 52.3 Å². The molecule has 1 heterocycles. The fourth-order valence-corrected chi connectivity index (χ4v) is 4.59. The average molecular weight is 417 g/mol. The van der Waals surface area contributed by atoms with E-state index in [0.29, 0.717) is 6.42 Å². The van der Waals surface area contributed by atoms with Crippen molar-refractivity contribution in [1.29, 1.82) is 0 Å². The molecule has 0 unspecified atom stereocenters. The highest BCUT2D eigenvalue weighted by molar-refractivity contribution is 7.99. The highest BCUT2D eigenvalue weighted by atomic mass is 32.2. The second-order valence-corrected chi connectivity index (χ2v) is 8.86. The van der Waals surface area contributed by atoms with Gasteiger partial charge in [0.15, 0.2) is 5.78 Å². The summed E-state index contributed by atoms with van der Waals surface area (Å²) in [7, 11) is 0. The highest BCUT2D eigenvalue weighted by Gasteiger charge is 2.18. The maximum absolute atomic E-state index is 12.6. The normalized spacial score (nSPS) is 15.2. The zero-order valence-electron chi connectivity index (χ0n) is 17.2. The van der Waals surface area contributed by atoms with E-state index < -0.39 is 0 Å². The van der Waals surface area contributed by atoms with Gasteiger partial charge in [0.1, 0.15) is 0 Å². The summed E-state index contributed by atoms with van der Waals surface area (Å²) in [4.78, 5) is 19.9. The van der Waals surface area contributed by atoms with Gasteiger partial charge in [0, 0.05) is 61.0 Å². The first kappa shape index (κ1) is 20.9. The molecular weight excluding hydrogens is 388 g/mol. The molecular formula is C26H28N2OS. The quantitative estimate of drug-likeness (QED) is 0.469.